The zero-order valence-electron chi connectivity index (χ0n) is 16.6. The number of nitrogens with two attached hydrogens (primary N) is 1. The summed E-state index contributed by atoms with van der Waals surface area (Å²) in [5.41, 5.74) is 11.2. The maximum absolute atomic E-state index is 12.5. The van der Waals surface area contributed by atoms with E-state index < -0.39 is 0 Å². The van der Waals surface area contributed by atoms with Crippen molar-refractivity contribution in [3.8, 4) is 5.75 Å². The highest BCUT2D eigenvalue weighted by molar-refractivity contribution is 5.87. The van der Waals surface area contributed by atoms with E-state index in [0.29, 0.717) is 30.1 Å². The summed E-state index contributed by atoms with van der Waals surface area (Å²) in [6.45, 7) is 2.77. The van der Waals surface area contributed by atoms with Gasteiger partial charge in [0.1, 0.15) is 18.1 Å². The average Bonchev–Trinajstić information content (AvgIpc) is 3.03. The van der Waals surface area contributed by atoms with E-state index in [1.54, 1.807) is 0 Å². The van der Waals surface area contributed by atoms with Gasteiger partial charge in [-0.25, -0.2) is 0 Å². The lowest BCUT2D eigenvalue weighted by atomic mass is 9.55. The lowest BCUT2D eigenvalue weighted by Crippen LogP contribution is -2.42. The molecule has 3 aliphatic carbocycles. The van der Waals surface area contributed by atoms with E-state index in [2.05, 4.69) is 31.2 Å². The van der Waals surface area contributed by atoms with Gasteiger partial charge in [-0.3, -0.25) is 4.79 Å². The molecule has 0 radical (unpaired) electrons. The van der Waals surface area contributed by atoms with Gasteiger partial charge in [-0.1, -0.05) is 43.3 Å². The fourth-order valence-corrected chi connectivity index (χ4v) is 6.31. The number of hydrogen-bond acceptors (Lipinski definition) is 3. The van der Waals surface area contributed by atoms with Crippen molar-refractivity contribution in [3.63, 3.8) is 0 Å². The van der Waals surface area contributed by atoms with Crippen molar-refractivity contribution in [1.29, 1.82) is 0 Å². The van der Waals surface area contributed by atoms with Gasteiger partial charge in [0.25, 0.3) is 0 Å². The molecule has 0 amide bonds. The van der Waals surface area contributed by atoms with Crippen LogP contribution in [0.4, 0.5) is 5.69 Å². The SMILES string of the molecule is CC12CCC3c4ccc(OCc5ccccc5)c(N)c4CCC3C1CCC2=O. The predicted molar refractivity (Wildman–Crippen MR) is 111 cm³/mol. The first-order valence-electron chi connectivity index (χ1n) is 10.7. The molecule has 3 heteroatoms. The van der Waals surface area contributed by atoms with Gasteiger partial charge in [0.2, 0.25) is 0 Å². The van der Waals surface area contributed by atoms with Gasteiger partial charge in [-0.15, -0.1) is 0 Å². The zero-order chi connectivity index (χ0) is 19.3. The maximum Gasteiger partial charge on any atom is 0.142 e. The minimum atomic E-state index is -0.0665. The number of carbonyl (C=O) groups is 1. The Kier molecular flexibility index (Phi) is 4.22. The molecule has 0 aromatic heterocycles. The monoisotopic (exact) mass is 375 g/mol. The Balaban J connectivity index is 1.40. The molecule has 2 aromatic carbocycles. The van der Waals surface area contributed by atoms with Crippen molar-refractivity contribution in [1.82, 2.24) is 0 Å². The van der Waals surface area contributed by atoms with Crippen LogP contribution in [0.15, 0.2) is 42.5 Å². The van der Waals surface area contributed by atoms with Crippen LogP contribution in [0.2, 0.25) is 0 Å². The van der Waals surface area contributed by atoms with Crippen LogP contribution in [-0.4, -0.2) is 5.78 Å². The Hall–Kier alpha value is -2.29. The lowest BCUT2D eigenvalue weighted by molar-refractivity contribution is -0.129. The van der Waals surface area contributed by atoms with E-state index in [-0.39, 0.29) is 5.41 Å². The Morgan fingerprint density at radius 3 is 2.71 bits per heavy atom. The van der Waals surface area contributed by atoms with Gasteiger partial charge >= 0.3 is 0 Å². The van der Waals surface area contributed by atoms with Crippen LogP contribution in [0.3, 0.4) is 0 Å². The summed E-state index contributed by atoms with van der Waals surface area (Å²) >= 11 is 0. The smallest absolute Gasteiger partial charge is 0.142 e. The fourth-order valence-electron chi connectivity index (χ4n) is 6.31. The second kappa shape index (κ2) is 6.65. The van der Waals surface area contributed by atoms with Gasteiger partial charge in [0.15, 0.2) is 0 Å². The number of Topliss-reactive ketones (excluding diaryl/α,β-unsaturated/α-hetero) is 1. The molecule has 3 aliphatic rings. The molecule has 2 saturated carbocycles. The van der Waals surface area contributed by atoms with Crippen LogP contribution in [0.1, 0.15) is 61.6 Å². The van der Waals surface area contributed by atoms with E-state index >= 15 is 0 Å². The maximum atomic E-state index is 12.5. The molecule has 0 saturated heterocycles. The second-order valence-corrected chi connectivity index (χ2v) is 9.15. The number of fused-ring (bicyclic) bond motifs is 5. The number of rotatable bonds is 3. The third kappa shape index (κ3) is 2.67. The molecule has 2 N–H and O–H groups in total. The zero-order valence-corrected chi connectivity index (χ0v) is 16.6. The fraction of sp³-hybridized carbons (Fsp3) is 0.480. The summed E-state index contributed by atoms with van der Waals surface area (Å²) in [5.74, 6) is 3.05. The molecular formula is C25H29NO2. The standard InChI is InChI=1S/C25H29NO2/c1-25-14-13-18-17-9-11-22(28-15-16-5-3-2-4-6-16)24(26)20(17)8-7-19(18)21(25)10-12-23(25)27/h2-6,9,11,18-19,21H,7-8,10,12-15,26H2,1H3. The quantitative estimate of drug-likeness (QED) is 0.743. The molecular weight excluding hydrogens is 346 g/mol. The first-order chi connectivity index (χ1) is 13.6. The van der Waals surface area contributed by atoms with E-state index in [4.69, 9.17) is 10.5 Å². The highest BCUT2D eigenvalue weighted by Gasteiger charge is 2.54. The number of carbonyl (C=O) groups excluding carboxylic acids is 1. The molecule has 2 aromatic rings. The summed E-state index contributed by atoms with van der Waals surface area (Å²) < 4.78 is 6.05. The lowest BCUT2D eigenvalue weighted by Gasteiger charge is -2.48. The highest BCUT2D eigenvalue weighted by atomic mass is 16.5. The first kappa shape index (κ1) is 17.8. The number of ether oxygens (including phenoxy) is 1. The van der Waals surface area contributed by atoms with Crippen LogP contribution >= 0.6 is 0 Å². The van der Waals surface area contributed by atoms with Crippen molar-refractivity contribution >= 4 is 11.5 Å². The summed E-state index contributed by atoms with van der Waals surface area (Å²) in [7, 11) is 0. The van der Waals surface area contributed by atoms with Gasteiger partial charge in [-0.2, -0.15) is 0 Å². The van der Waals surface area contributed by atoms with Gasteiger partial charge in [0.05, 0.1) is 5.69 Å². The third-order valence-electron chi connectivity index (χ3n) is 7.86. The Morgan fingerprint density at radius 1 is 1.07 bits per heavy atom. The minimum Gasteiger partial charge on any atom is -0.487 e. The largest absolute Gasteiger partial charge is 0.487 e. The molecule has 2 fully saturated rings. The second-order valence-electron chi connectivity index (χ2n) is 9.15. The predicted octanol–water partition coefficient (Wildman–Crippen LogP) is 5.27. The molecule has 28 heavy (non-hydrogen) atoms. The summed E-state index contributed by atoms with van der Waals surface area (Å²) in [5, 5.41) is 0. The highest BCUT2D eigenvalue weighted by Crippen LogP contribution is 2.60. The topological polar surface area (TPSA) is 52.3 Å². The number of benzene rings is 2. The Bertz CT molecular complexity index is 906. The van der Waals surface area contributed by atoms with Crippen molar-refractivity contribution in [2.45, 2.75) is 58.0 Å². The molecule has 4 unspecified atom stereocenters. The van der Waals surface area contributed by atoms with Crippen LogP contribution in [0.25, 0.3) is 0 Å². The van der Waals surface area contributed by atoms with Crippen molar-refractivity contribution in [2.75, 3.05) is 5.73 Å². The summed E-state index contributed by atoms with van der Waals surface area (Å²) in [6, 6.07) is 14.5. The normalized spacial score (nSPS) is 31.0. The number of anilines is 1. The number of nitrogen functional groups attached to an aromatic ring is 1. The molecule has 4 atom stereocenters. The summed E-state index contributed by atoms with van der Waals surface area (Å²) in [4.78, 5) is 12.5. The van der Waals surface area contributed by atoms with E-state index in [9.17, 15) is 4.79 Å². The third-order valence-corrected chi connectivity index (χ3v) is 7.86. The van der Waals surface area contributed by atoms with Gasteiger partial charge in [0, 0.05) is 11.8 Å². The molecule has 0 spiro atoms. The molecule has 0 heterocycles. The minimum absolute atomic E-state index is 0.0665. The Morgan fingerprint density at radius 2 is 1.89 bits per heavy atom. The molecule has 0 bridgehead atoms. The van der Waals surface area contributed by atoms with E-state index in [1.165, 1.54) is 11.1 Å². The van der Waals surface area contributed by atoms with Crippen LogP contribution in [-0.2, 0) is 17.8 Å². The van der Waals surface area contributed by atoms with Gasteiger partial charge < -0.3 is 10.5 Å². The van der Waals surface area contributed by atoms with E-state index in [0.717, 1.165) is 55.5 Å². The van der Waals surface area contributed by atoms with Crippen LogP contribution in [0.5, 0.6) is 5.75 Å². The van der Waals surface area contributed by atoms with Crippen LogP contribution in [0, 0.1) is 17.3 Å². The van der Waals surface area contributed by atoms with Crippen molar-refractivity contribution < 1.29 is 9.53 Å². The molecule has 5 rings (SSSR count). The first-order valence-corrected chi connectivity index (χ1v) is 10.7. The van der Waals surface area contributed by atoms with Gasteiger partial charge in [-0.05, 0) is 72.6 Å². The van der Waals surface area contributed by atoms with Crippen molar-refractivity contribution in [2.24, 2.45) is 17.3 Å². The Labute approximate surface area is 167 Å². The number of ketones is 1. The summed E-state index contributed by atoms with van der Waals surface area (Å²) in [6.07, 6.45) is 6.16. The number of hydrogen-bond donors (Lipinski definition) is 1. The van der Waals surface area contributed by atoms with Crippen molar-refractivity contribution in [3.05, 3.63) is 59.2 Å². The molecule has 146 valence electrons. The van der Waals surface area contributed by atoms with Crippen LogP contribution < -0.4 is 10.5 Å². The molecule has 0 aliphatic heterocycles. The van der Waals surface area contributed by atoms with E-state index in [1.807, 2.05) is 18.2 Å². The average molecular weight is 376 g/mol. The molecule has 3 nitrogen and oxygen atoms in total.